The summed E-state index contributed by atoms with van der Waals surface area (Å²) in [6.45, 7) is 6.95. The molecular formula is C24H31FN2O2S. The fourth-order valence-electron chi connectivity index (χ4n) is 3.18. The lowest BCUT2D eigenvalue weighted by atomic mass is 10.1. The molecular weight excluding hydrogens is 399 g/mol. The Kier molecular flexibility index (Phi) is 9.87. The summed E-state index contributed by atoms with van der Waals surface area (Å²) in [6.07, 6.45) is 1.40. The van der Waals surface area contributed by atoms with Gasteiger partial charge in [0.15, 0.2) is 0 Å². The van der Waals surface area contributed by atoms with Gasteiger partial charge in [0.2, 0.25) is 11.8 Å². The third-order valence-corrected chi connectivity index (χ3v) is 5.93. The van der Waals surface area contributed by atoms with Gasteiger partial charge in [-0.15, -0.1) is 11.8 Å². The lowest BCUT2D eigenvalue weighted by Gasteiger charge is -2.31. The number of hydrogen-bond donors (Lipinski definition) is 1. The van der Waals surface area contributed by atoms with Gasteiger partial charge in [0.05, 0.1) is 5.75 Å². The first-order valence-corrected chi connectivity index (χ1v) is 11.6. The minimum Gasteiger partial charge on any atom is -0.354 e. The number of benzene rings is 2. The average molecular weight is 431 g/mol. The number of thioether (sulfide) groups is 1. The van der Waals surface area contributed by atoms with Gasteiger partial charge >= 0.3 is 0 Å². The molecule has 0 aliphatic rings. The van der Waals surface area contributed by atoms with Gasteiger partial charge < -0.3 is 10.2 Å². The average Bonchev–Trinajstić information content (AvgIpc) is 2.74. The van der Waals surface area contributed by atoms with Gasteiger partial charge in [-0.3, -0.25) is 9.59 Å². The third-order valence-electron chi connectivity index (χ3n) is 4.94. The number of carbonyl (C=O) groups excluding carboxylic acids is 2. The van der Waals surface area contributed by atoms with E-state index in [0.29, 0.717) is 25.3 Å². The largest absolute Gasteiger partial charge is 0.354 e. The number of rotatable bonds is 11. The molecule has 30 heavy (non-hydrogen) atoms. The Morgan fingerprint density at radius 2 is 1.80 bits per heavy atom. The Morgan fingerprint density at radius 3 is 2.43 bits per heavy atom. The molecule has 0 heterocycles. The van der Waals surface area contributed by atoms with Crippen LogP contribution in [0.1, 0.15) is 43.4 Å². The molecule has 0 saturated carbocycles. The van der Waals surface area contributed by atoms with Gasteiger partial charge in [-0.05, 0) is 48.6 Å². The zero-order valence-corrected chi connectivity index (χ0v) is 18.8. The molecule has 0 aliphatic heterocycles. The van der Waals surface area contributed by atoms with E-state index in [1.165, 1.54) is 23.9 Å². The summed E-state index contributed by atoms with van der Waals surface area (Å²) < 4.78 is 13.1. The highest BCUT2D eigenvalue weighted by Crippen LogP contribution is 2.19. The van der Waals surface area contributed by atoms with E-state index in [2.05, 4.69) is 5.32 Å². The van der Waals surface area contributed by atoms with Crippen molar-refractivity contribution in [2.24, 2.45) is 0 Å². The van der Waals surface area contributed by atoms with Gasteiger partial charge in [0.25, 0.3) is 0 Å². The van der Waals surface area contributed by atoms with Crippen molar-refractivity contribution >= 4 is 23.6 Å². The summed E-state index contributed by atoms with van der Waals surface area (Å²) in [4.78, 5) is 27.6. The molecule has 1 atom stereocenters. The standard InChI is InChI=1S/C24H31FN2O2S/c1-4-14-26-24(29)22(5-2)27(15-20-9-7-6-8-18(20)3)23(28)17-30-16-19-10-12-21(25)13-11-19/h6-13,22H,4-5,14-17H2,1-3H3,(H,26,29). The first kappa shape index (κ1) is 23.9. The summed E-state index contributed by atoms with van der Waals surface area (Å²) in [5.74, 6) is 0.436. The number of hydrogen-bond acceptors (Lipinski definition) is 3. The minimum absolute atomic E-state index is 0.0659. The summed E-state index contributed by atoms with van der Waals surface area (Å²) >= 11 is 1.48. The van der Waals surface area contributed by atoms with Crippen molar-refractivity contribution in [1.82, 2.24) is 10.2 Å². The van der Waals surface area contributed by atoms with Crippen LogP contribution < -0.4 is 5.32 Å². The van der Waals surface area contributed by atoms with Crippen molar-refractivity contribution in [3.63, 3.8) is 0 Å². The van der Waals surface area contributed by atoms with Crippen LogP contribution in [0.5, 0.6) is 0 Å². The minimum atomic E-state index is -0.505. The first-order chi connectivity index (χ1) is 14.5. The normalized spacial score (nSPS) is 11.7. The van der Waals surface area contributed by atoms with Gasteiger partial charge in [0, 0.05) is 18.8 Å². The molecule has 4 nitrogen and oxygen atoms in total. The van der Waals surface area contributed by atoms with Crippen LogP contribution in [0.25, 0.3) is 0 Å². The molecule has 0 saturated heterocycles. The lowest BCUT2D eigenvalue weighted by Crippen LogP contribution is -2.49. The van der Waals surface area contributed by atoms with Crippen LogP contribution in [0.4, 0.5) is 4.39 Å². The molecule has 6 heteroatoms. The molecule has 2 aromatic carbocycles. The highest BCUT2D eigenvalue weighted by Gasteiger charge is 2.28. The molecule has 0 aliphatic carbocycles. The maximum Gasteiger partial charge on any atom is 0.242 e. The maximum absolute atomic E-state index is 13.1. The van der Waals surface area contributed by atoms with E-state index in [1.807, 2.05) is 45.0 Å². The van der Waals surface area contributed by atoms with Crippen LogP contribution >= 0.6 is 11.8 Å². The smallest absolute Gasteiger partial charge is 0.242 e. The van der Waals surface area contributed by atoms with Crippen molar-refractivity contribution in [3.05, 3.63) is 71.0 Å². The van der Waals surface area contributed by atoms with Gasteiger partial charge in [-0.1, -0.05) is 50.2 Å². The highest BCUT2D eigenvalue weighted by atomic mass is 32.2. The Labute approximate surface area is 183 Å². The molecule has 1 N–H and O–H groups in total. The number of amides is 2. The van der Waals surface area contributed by atoms with Crippen LogP contribution in [0.15, 0.2) is 48.5 Å². The molecule has 2 aromatic rings. The fraction of sp³-hybridized carbons (Fsp3) is 0.417. The quantitative estimate of drug-likeness (QED) is 0.562. The van der Waals surface area contributed by atoms with E-state index < -0.39 is 6.04 Å². The van der Waals surface area contributed by atoms with Gasteiger partial charge in [-0.25, -0.2) is 4.39 Å². The predicted molar refractivity (Wildman–Crippen MR) is 122 cm³/mol. The Balaban J connectivity index is 2.11. The summed E-state index contributed by atoms with van der Waals surface area (Å²) in [5.41, 5.74) is 3.10. The molecule has 0 spiro atoms. The Bertz CT molecular complexity index is 826. The monoisotopic (exact) mass is 430 g/mol. The molecule has 2 amide bonds. The topological polar surface area (TPSA) is 49.4 Å². The second kappa shape index (κ2) is 12.4. The molecule has 0 radical (unpaired) electrons. The zero-order chi connectivity index (χ0) is 21.9. The van der Waals surface area contributed by atoms with Gasteiger partial charge in [-0.2, -0.15) is 0 Å². The molecule has 2 rings (SSSR count). The molecule has 0 fully saturated rings. The molecule has 0 bridgehead atoms. The molecule has 0 aromatic heterocycles. The maximum atomic E-state index is 13.1. The molecule has 1 unspecified atom stereocenters. The Hall–Kier alpha value is -2.34. The van der Waals surface area contributed by atoms with Gasteiger partial charge in [0.1, 0.15) is 11.9 Å². The Morgan fingerprint density at radius 1 is 1.10 bits per heavy atom. The van der Waals surface area contributed by atoms with Crippen molar-refractivity contribution in [2.75, 3.05) is 12.3 Å². The number of nitrogens with one attached hydrogen (secondary N) is 1. The van der Waals surface area contributed by atoms with E-state index in [1.54, 1.807) is 17.0 Å². The van der Waals surface area contributed by atoms with Crippen LogP contribution in [-0.2, 0) is 21.9 Å². The summed E-state index contributed by atoms with van der Waals surface area (Å²) in [5, 5.41) is 2.93. The van der Waals surface area contributed by atoms with Crippen molar-refractivity contribution in [1.29, 1.82) is 0 Å². The van der Waals surface area contributed by atoms with E-state index in [0.717, 1.165) is 23.1 Å². The lowest BCUT2D eigenvalue weighted by molar-refractivity contribution is -0.139. The van der Waals surface area contributed by atoms with E-state index in [-0.39, 0.29) is 23.4 Å². The predicted octanol–water partition coefficient (Wildman–Crippen LogP) is 4.70. The van der Waals surface area contributed by atoms with Crippen LogP contribution in [0.2, 0.25) is 0 Å². The number of nitrogens with zero attached hydrogens (tertiary/aromatic N) is 1. The van der Waals surface area contributed by atoms with E-state index >= 15 is 0 Å². The van der Waals surface area contributed by atoms with Crippen molar-refractivity contribution < 1.29 is 14.0 Å². The second-order valence-electron chi connectivity index (χ2n) is 7.28. The third kappa shape index (κ3) is 7.17. The summed E-state index contributed by atoms with van der Waals surface area (Å²) in [6, 6.07) is 13.7. The highest BCUT2D eigenvalue weighted by molar-refractivity contribution is 7.99. The van der Waals surface area contributed by atoms with Crippen LogP contribution in [0.3, 0.4) is 0 Å². The second-order valence-corrected chi connectivity index (χ2v) is 8.27. The fourth-order valence-corrected chi connectivity index (χ4v) is 4.05. The van der Waals surface area contributed by atoms with Crippen molar-refractivity contribution in [3.8, 4) is 0 Å². The number of aryl methyl sites for hydroxylation is 1. The van der Waals surface area contributed by atoms with E-state index in [4.69, 9.17) is 0 Å². The number of carbonyl (C=O) groups is 2. The summed E-state index contributed by atoms with van der Waals surface area (Å²) in [7, 11) is 0. The SMILES string of the molecule is CCCNC(=O)C(CC)N(Cc1ccccc1C)C(=O)CSCc1ccc(F)cc1. The first-order valence-electron chi connectivity index (χ1n) is 10.4. The zero-order valence-electron chi connectivity index (χ0n) is 18.0. The van der Waals surface area contributed by atoms with E-state index in [9.17, 15) is 14.0 Å². The van der Waals surface area contributed by atoms with Crippen LogP contribution in [-0.4, -0.2) is 35.1 Å². The van der Waals surface area contributed by atoms with Crippen LogP contribution in [0, 0.1) is 12.7 Å². The number of halogens is 1. The molecule has 162 valence electrons. The van der Waals surface area contributed by atoms with Crippen molar-refractivity contribution in [2.45, 2.75) is 52.0 Å².